The first kappa shape index (κ1) is 20.5. The molecule has 2 aromatic carbocycles. The fourth-order valence-corrected chi connectivity index (χ4v) is 4.07. The Kier molecular flexibility index (Phi) is 5.19. The highest BCUT2D eigenvalue weighted by atomic mass is 32.2. The summed E-state index contributed by atoms with van der Waals surface area (Å²) in [6.07, 6.45) is 0. The van der Waals surface area contributed by atoms with Gasteiger partial charge in [0.15, 0.2) is 5.65 Å². The quantitative estimate of drug-likeness (QED) is 0.517. The lowest BCUT2D eigenvalue weighted by atomic mass is 10.1. The van der Waals surface area contributed by atoms with Gasteiger partial charge in [-0.25, -0.2) is 17.7 Å². The van der Waals surface area contributed by atoms with Crippen molar-refractivity contribution in [2.24, 2.45) is 0 Å². The molecule has 0 saturated carbocycles. The predicted octanol–water partition coefficient (Wildman–Crippen LogP) is 3.57. The molecule has 0 saturated heterocycles. The zero-order valence-corrected chi connectivity index (χ0v) is 18.1. The molecule has 1 N–H and O–H groups in total. The fraction of sp³-hybridized carbons (Fsp3) is 0.136. The fourth-order valence-electron chi connectivity index (χ4n) is 3.17. The van der Waals surface area contributed by atoms with Crippen LogP contribution in [0.3, 0.4) is 0 Å². The van der Waals surface area contributed by atoms with Crippen LogP contribution in [0.5, 0.6) is 0 Å². The third-order valence-corrected chi connectivity index (χ3v) is 6.68. The van der Waals surface area contributed by atoms with Gasteiger partial charge in [-0.3, -0.25) is 0 Å². The second-order valence-electron chi connectivity index (χ2n) is 7.14. The van der Waals surface area contributed by atoms with Gasteiger partial charge < -0.3 is 5.32 Å². The molecule has 0 amide bonds. The molecule has 9 heteroatoms. The summed E-state index contributed by atoms with van der Waals surface area (Å²) in [5, 5.41) is 17.3. The van der Waals surface area contributed by atoms with Gasteiger partial charge in [0.2, 0.25) is 10.0 Å². The lowest BCUT2D eigenvalue weighted by molar-refractivity contribution is 0.521. The van der Waals surface area contributed by atoms with Crippen molar-refractivity contribution in [2.45, 2.75) is 11.8 Å². The molecule has 0 aliphatic carbocycles. The average Bonchev–Trinajstić information content (AvgIpc) is 3.10. The maximum absolute atomic E-state index is 12.3. The van der Waals surface area contributed by atoms with Crippen molar-refractivity contribution in [3.05, 3.63) is 71.9 Å². The topological polar surface area (TPSA) is 103 Å². The number of rotatable bonds is 5. The Hall–Kier alpha value is -3.74. The van der Waals surface area contributed by atoms with E-state index in [1.54, 1.807) is 35.7 Å². The number of benzene rings is 2. The van der Waals surface area contributed by atoms with Crippen LogP contribution in [0, 0.1) is 18.3 Å². The monoisotopic (exact) mass is 432 g/mol. The van der Waals surface area contributed by atoms with Gasteiger partial charge >= 0.3 is 0 Å². The van der Waals surface area contributed by atoms with E-state index in [1.165, 1.54) is 18.4 Å². The number of hydrogen-bond acceptors (Lipinski definition) is 6. The van der Waals surface area contributed by atoms with Crippen molar-refractivity contribution in [1.29, 1.82) is 5.26 Å². The van der Waals surface area contributed by atoms with E-state index in [2.05, 4.69) is 21.5 Å². The Morgan fingerprint density at radius 1 is 1.06 bits per heavy atom. The zero-order valence-electron chi connectivity index (χ0n) is 17.2. The van der Waals surface area contributed by atoms with Crippen LogP contribution in [0.1, 0.15) is 11.3 Å². The molecule has 31 heavy (non-hydrogen) atoms. The molecule has 0 bridgehead atoms. The normalized spacial score (nSPS) is 11.6. The van der Waals surface area contributed by atoms with Crippen molar-refractivity contribution in [2.75, 3.05) is 19.4 Å². The Morgan fingerprint density at radius 2 is 1.74 bits per heavy atom. The molecule has 0 fully saturated rings. The van der Waals surface area contributed by atoms with E-state index in [9.17, 15) is 13.7 Å². The summed E-state index contributed by atoms with van der Waals surface area (Å²) < 4.78 is 27.4. The van der Waals surface area contributed by atoms with Gasteiger partial charge in [0.1, 0.15) is 17.5 Å². The van der Waals surface area contributed by atoms with Crippen LogP contribution in [0.15, 0.2) is 65.6 Å². The number of fused-ring (bicyclic) bond motifs is 1. The first-order valence-corrected chi connectivity index (χ1v) is 10.9. The molecule has 0 radical (unpaired) electrons. The Morgan fingerprint density at radius 3 is 2.35 bits per heavy atom. The smallest absolute Gasteiger partial charge is 0.242 e. The molecule has 0 spiro atoms. The van der Waals surface area contributed by atoms with Gasteiger partial charge in [0.25, 0.3) is 0 Å². The standard InChI is InChI=1S/C22H20N6O2S/c1-15-19(14-23)22-25-20(16-7-5-4-6-8-16)13-21(28(22)26-15)24-17-9-11-18(12-10-17)31(29,30)27(2)3/h4-13,24H,1-3H3. The molecule has 2 aromatic heterocycles. The second-order valence-corrected chi connectivity index (χ2v) is 9.29. The molecule has 0 aliphatic rings. The zero-order chi connectivity index (χ0) is 22.2. The summed E-state index contributed by atoms with van der Waals surface area (Å²) in [5.41, 5.74) is 3.72. The van der Waals surface area contributed by atoms with Gasteiger partial charge in [-0.2, -0.15) is 14.9 Å². The first-order chi connectivity index (χ1) is 14.8. The minimum atomic E-state index is -3.51. The largest absolute Gasteiger partial charge is 0.340 e. The van der Waals surface area contributed by atoms with Crippen LogP contribution in [-0.4, -0.2) is 41.4 Å². The van der Waals surface area contributed by atoms with E-state index >= 15 is 0 Å². The average molecular weight is 433 g/mol. The van der Waals surface area contributed by atoms with Gasteiger partial charge in [-0.05, 0) is 31.2 Å². The van der Waals surface area contributed by atoms with E-state index in [0.717, 1.165) is 5.56 Å². The summed E-state index contributed by atoms with van der Waals surface area (Å²) in [6, 6.07) is 20.1. The number of aryl methyl sites for hydroxylation is 1. The van der Waals surface area contributed by atoms with Crippen LogP contribution >= 0.6 is 0 Å². The van der Waals surface area contributed by atoms with Crippen molar-refractivity contribution >= 4 is 27.2 Å². The van der Waals surface area contributed by atoms with E-state index in [4.69, 9.17) is 0 Å². The lowest BCUT2D eigenvalue weighted by Gasteiger charge is -2.13. The van der Waals surface area contributed by atoms with E-state index in [0.29, 0.717) is 34.1 Å². The molecule has 4 aromatic rings. The van der Waals surface area contributed by atoms with E-state index in [-0.39, 0.29) is 4.90 Å². The molecule has 0 unspecified atom stereocenters. The van der Waals surface area contributed by atoms with Crippen LogP contribution in [0.4, 0.5) is 11.5 Å². The van der Waals surface area contributed by atoms with Crippen molar-refractivity contribution in [3.8, 4) is 17.3 Å². The maximum atomic E-state index is 12.3. The first-order valence-electron chi connectivity index (χ1n) is 9.47. The van der Waals surface area contributed by atoms with Crippen molar-refractivity contribution in [3.63, 3.8) is 0 Å². The molecule has 8 nitrogen and oxygen atoms in total. The highest BCUT2D eigenvalue weighted by Crippen LogP contribution is 2.27. The molecule has 156 valence electrons. The van der Waals surface area contributed by atoms with E-state index < -0.39 is 10.0 Å². The minimum Gasteiger partial charge on any atom is -0.340 e. The number of nitrogens with zero attached hydrogens (tertiary/aromatic N) is 5. The molecule has 2 heterocycles. The van der Waals surface area contributed by atoms with Gasteiger partial charge in [0, 0.05) is 31.4 Å². The Bertz CT molecular complexity index is 1400. The van der Waals surface area contributed by atoms with Gasteiger partial charge in [-0.1, -0.05) is 30.3 Å². The Labute approximate surface area is 180 Å². The third kappa shape index (κ3) is 3.74. The van der Waals surface area contributed by atoms with Gasteiger partial charge in [-0.15, -0.1) is 0 Å². The summed E-state index contributed by atoms with van der Waals surface area (Å²) in [4.78, 5) is 4.86. The lowest BCUT2D eigenvalue weighted by Crippen LogP contribution is -2.22. The number of aromatic nitrogens is 3. The molecule has 0 aliphatic heterocycles. The number of hydrogen-bond donors (Lipinski definition) is 1. The maximum Gasteiger partial charge on any atom is 0.242 e. The van der Waals surface area contributed by atoms with Crippen LogP contribution < -0.4 is 5.32 Å². The van der Waals surface area contributed by atoms with Crippen molar-refractivity contribution in [1.82, 2.24) is 18.9 Å². The minimum absolute atomic E-state index is 0.203. The molecule has 0 atom stereocenters. The number of anilines is 2. The van der Waals surface area contributed by atoms with Gasteiger partial charge in [0.05, 0.1) is 16.3 Å². The van der Waals surface area contributed by atoms with Crippen LogP contribution in [0.2, 0.25) is 0 Å². The molecular formula is C22H20N6O2S. The second kappa shape index (κ2) is 7.83. The summed E-state index contributed by atoms with van der Waals surface area (Å²) >= 11 is 0. The molecular weight excluding hydrogens is 412 g/mol. The summed E-state index contributed by atoms with van der Waals surface area (Å²) in [5.74, 6) is 0.608. The highest BCUT2D eigenvalue weighted by Gasteiger charge is 2.18. The SMILES string of the molecule is Cc1nn2c(Nc3ccc(S(=O)(=O)N(C)C)cc3)cc(-c3ccccc3)nc2c1C#N. The van der Waals surface area contributed by atoms with Crippen LogP contribution in [0.25, 0.3) is 16.9 Å². The van der Waals surface area contributed by atoms with Crippen molar-refractivity contribution < 1.29 is 8.42 Å². The summed E-state index contributed by atoms with van der Waals surface area (Å²) in [6.45, 7) is 1.76. The number of sulfonamides is 1. The van der Waals surface area contributed by atoms with Crippen LogP contribution in [-0.2, 0) is 10.0 Å². The Balaban J connectivity index is 1.81. The molecule has 4 rings (SSSR count). The summed E-state index contributed by atoms with van der Waals surface area (Å²) in [7, 11) is -0.521. The number of nitrogens with one attached hydrogen (secondary N) is 1. The van der Waals surface area contributed by atoms with E-state index in [1.807, 2.05) is 36.4 Å². The third-order valence-electron chi connectivity index (χ3n) is 4.85. The predicted molar refractivity (Wildman–Crippen MR) is 118 cm³/mol. The number of nitriles is 1. The highest BCUT2D eigenvalue weighted by molar-refractivity contribution is 7.89.